The fourth-order valence-electron chi connectivity index (χ4n) is 2.06. The molecule has 1 aliphatic heterocycles. The minimum Gasteiger partial charge on any atom is -0.479 e. The lowest BCUT2D eigenvalue weighted by Crippen LogP contribution is -2.52. The highest BCUT2D eigenvalue weighted by Crippen LogP contribution is 2.18. The molecule has 1 fully saturated rings. The molecule has 18 heavy (non-hydrogen) atoms. The van der Waals surface area contributed by atoms with Gasteiger partial charge in [0, 0.05) is 19.4 Å². The molecule has 0 saturated carbocycles. The molecular weight excluding hydrogens is 234 g/mol. The quantitative estimate of drug-likeness (QED) is 0.803. The molecule has 94 valence electrons. The number of nitrogens with zero attached hydrogens (tertiary/aromatic N) is 1. The fraction of sp³-hybridized carbons (Fsp3) is 0.308. The van der Waals surface area contributed by atoms with Gasteiger partial charge in [0.15, 0.2) is 11.8 Å². The molecule has 1 N–H and O–H groups in total. The number of aliphatic carboxylic acids is 1. The summed E-state index contributed by atoms with van der Waals surface area (Å²) in [6, 6.07) is 7.70. The molecule has 2 rings (SSSR count). The van der Waals surface area contributed by atoms with E-state index >= 15 is 0 Å². The average Bonchev–Trinajstić information content (AvgIpc) is 2.35. The number of piperidine rings is 1. The largest absolute Gasteiger partial charge is 0.479 e. The summed E-state index contributed by atoms with van der Waals surface area (Å²) in [5, 5.41) is 9.06. The van der Waals surface area contributed by atoms with Crippen LogP contribution in [0.2, 0.25) is 0 Å². The second-order valence-electron chi connectivity index (χ2n) is 4.21. The lowest BCUT2D eigenvalue weighted by molar-refractivity contribution is -0.158. The first-order valence-electron chi connectivity index (χ1n) is 5.68. The van der Waals surface area contributed by atoms with Gasteiger partial charge in [0.05, 0.1) is 0 Å². The molecular formula is C13H13NO4. The molecule has 1 aromatic carbocycles. The molecule has 0 bridgehead atoms. The van der Waals surface area contributed by atoms with Crippen LogP contribution in [0.1, 0.15) is 18.4 Å². The Labute approximate surface area is 104 Å². The maximum absolute atomic E-state index is 11.8. The summed E-state index contributed by atoms with van der Waals surface area (Å²) < 4.78 is 0. The Morgan fingerprint density at radius 1 is 1.22 bits per heavy atom. The molecule has 1 aromatic rings. The van der Waals surface area contributed by atoms with Gasteiger partial charge in [0.1, 0.15) is 0 Å². The van der Waals surface area contributed by atoms with Crippen molar-refractivity contribution in [2.75, 3.05) is 0 Å². The number of carbonyl (C=O) groups is 3. The molecule has 0 radical (unpaired) electrons. The van der Waals surface area contributed by atoms with Gasteiger partial charge in [0.2, 0.25) is 5.91 Å². The van der Waals surface area contributed by atoms with Gasteiger partial charge in [-0.2, -0.15) is 0 Å². The average molecular weight is 247 g/mol. The monoisotopic (exact) mass is 247 g/mol. The topological polar surface area (TPSA) is 74.7 Å². The molecule has 1 heterocycles. The first-order chi connectivity index (χ1) is 8.59. The smallest absolute Gasteiger partial charge is 0.334 e. The number of amides is 1. The highest BCUT2D eigenvalue weighted by Gasteiger charge is 2.39. The van der Waals surface area contributed by atoms with E-state index in [1.165, 1.54) is 0 Å². The van der Waals surface area contributed by atoms with Gasteiger partial charge in [-0.1, -0.05) is 30.3 Å². The molecule has 0 aliphatic carbocycles. The van der Waals surface area contributed by atoms with Crippen molar-refractivity contribution in [3.8, 4) is 0 Å². The van der Waals surface area contributed by atoms with E-state index in [2.05, 4.69) is 0 Å². The number of carbonyl (C=O) groups excluding carboxylic acids is 2. The van der Waals surface area contributed by atoms with Gasteiger partial charge in [-0.25, -0.2) is 4.79 Å². The van der Waals surface area contributed by atoms with Crippen molar-refractivity contribution in [1.82, 2.24) is 4.90 Å². The van der Waals surface area contributed by atoms with Crippen molar-refractivity contribution in [3.63, 3.8) is 0 Å². The molecule has 1 aliphatic rings. The van der Waals surface area contributed by atoms with Crippen molar-refractivity contribution in [2.45, 2.75) is 25.4 Å². The van der Waals surface area contributed by atoms with Crippen molar-refractivity contribution >= 4 is 17.7 Å². The summed E-state index contributed by atoms with van der Waals surface area (Å²) in [5.74, 6) is -1.95. The number of benzene rings is 1. The van der Waals surface area contributed by atoms with Gasteiger partial charge in [-0.3, -0.25) is 9.59 Å². The van der Waals surface area contributed by atoms with Crippen LogP contribution in [0, 0.1) is 0 Å². The van der Waals surface area contributed by atoms with Crippen LogP contribution in [0.15, 0.2) is 30.3 Å². The van der Waals surface area contributed by atoms with Crippen LogP contribution < -0.4 is 0 Å². The lowest BCUT2D eigenvalue weighted by atomic mass is 9.99. The van der Waals surface area contributed by atoms with E-state index in [-0.39, 0.29) is 25.3 Å². The minimum absolute atomic E-state index is 0.0150. The second-order valence-corrected chi connectivity index (χ2v) is 4.21. The summed E-state index contributed by atoms with van der Waals surface area (Å²) >= 11 is 0. The van der Waals surface area contributed by atoms with E-state index in [0.717, 1.165) is 10.5 Å². The zero-order chi connectivity index (χ0) is 13.1. The number of carboxylic acid groups (broad SMARTS) is 1. The van der Waals surface area contributed by atoms with E-state index in [9.17, 15) is 14.4 Å². The van der Waals surface area contributed by atoms with Gasteiger partial charge in [0.25, 0.3) is 0 Å². The summed E-state index contributed by atoms with van der Waals surface area (Å²) in [6.45, 7) is 0.155. The zero-order valence-electron chi connectivity index (χ0n) is 9.70. The molecule has 5 nitrogen and oxygen atoms in total. The zero-order valence-corrected chi connectivity index (χ0v) is 9.70. The number of likely N-dealkylation sites (tertiary alicyclic amines) is 1. The molecule has 5 heteroatoms. The maximum atomic E-state index is 11.8. The highest BCUT2D eigenvalue weighted by molar-refractivity contribution is 6.08. The molecule has 0 spiro atoms. The number of rotatable bonds is 3. The van der Waals surface area contributed by atoms with Crippen LogP contribution in [-0.4, -0.2) is 33.7 Å². The Kier molecular flexibility index (Phi) is 3.41. The van der Waals surface area contributed by atoms with E-state index < -0.39 is 17.8 Å². The predicted octanol–water partition coefficient (Wildman–Crippen LogP) is 0.831. The minimum atomic E-state index is -1.34. The van der Waals surface area contributed by atoms with Crippen LogP contribution in [-0.2, 0) is 20.9 Å². The molecule has 1 amide bonds. The van der Waals surface area contributed by atoms with E-state index in [0.29, 0.717) is 0 Å². The Hall–Kier alpha value is -2.17. The van der Waals surface area contributed by atoms with Gasteiger partial charge in [-0.15, -0.1) is 0 Å². The van der Waals surface area contributed by atoms with Crippen LogP contribution in [0.3, 0.4) is 0 Å². The number of Topliss-reactive ketones (excluding diaryl/α,β-unsaturated/α-hetero) is 1. The first kappa shape index (κ1) is 12.3. The van der Waals surface area contributed by atoms with E-state index in [1.54, 1.807) is 24.3 Å². The van der Waals surface area contributed by atoms with Crippen molar-refractivity contribution in [3.05, 3.63) is 35.9 Å². The Bertz CT molecular complexity index is 483. The third kappa shape index (κ3) is 2.40. The number of hydrogen-bond acceptors (Lipinski definition) is 3. The van der Waals surface area contributed by atoms with Gasteiger partial charge < -0.3 is 10.0 Å². The Balaban J connectivity index is 2.24. The van der Waals surface area contributed by atoms with Crippen LogP contribution >= 0.6 is 0 Å². The summed E-state index contributed by atoms with van der Waals surface area (Å²) in [7, 11) is 0. The summed E-state index contributed by atoms with van der Waals surface area (Å²) in [5.41, 5.74) is 0.812. The standard InChI is InChI=1S/C13H13NO4/c15-10-6-7-11(16)14(12(10)13(17)18)8-9-4-2-1-3-5-9/h1-5,12H,6-8H2,(H,17,18). The Morgan fingerprint density at radius 3 is 2.50 bits per heavy atom. The van der Waals surface area contributed by atoms with Crippen LogP contribution in [0.25, 0.3) is 0 Å². The van der Waals surface area contributed by atoms with Gasteiger partial charge in [-0.05, 0) is 5.56 Å². The summed E-state index contributed by atoms with van der Waals surface area (Å²) in [6.07, 6.45) is 0.108. The van der Waals surface area contributed by atoms with Crippen LogP contribution in [0.4, 0.5) is 0 Å². The summed E-state index contributed by atoms with van der Waals surface area (Å²) in [4.78, 5) is 35.6. The van der Waals surface area contributed by atoms with Crippen molar-refractivity contribution < 1.29 is 19.5 Å². The second kappa shape index (κ2) is 5.00. The highest BCUT2D eigenvalue weighted by atomic mass is 16.4. The lowest BCUT2D eigenvalue weighted by Gasteiger charge is -2.31. The SMILES string of the molecule is O=C(O)C1C(=O)CCC(=O)N1Cc1ccccc1. The van der Waals surface area contributed by atoms with E-state index in [1.807, 2.05) is 6.07 Å². The van der Waals surface area contributed by atoms with Gasteiger partial charge >= 0.3 is 5.97 Å². The number of hydrogen-bond donors (Lipinski definition) is 1. The maximum Gasteiger partial charge on any atom is 0.334 e. The number of ketones is 1. The molecule has 1 unspecified atom stereocenters. The van der Waals surface area contributed by atoms with Crippen LogP contribution in [0.5, 0.6) is 0 Å². The normalized spacial score (nSPS) is 20.0. The number of carboxylic acids is 1. The Morgan fingerprint density at radius 2 is 1.89 bits per heavy atom. The molecule has 0 aromatic heterocycles. The predicted molar refractivity (Wildman–Crippen MR) is 62.7 cm³/mol. The first-order valence-corrected chi connectivity index (χ1v) is 5.68. The van der Waals surface area contributed by atoms with Crippen molar-refractivity contribution in [1.29, 1.82) is 0 Å². The molecule has 1 saturated heterocycles. The third-order valence-electron chi connectivity index (χ3n) is 2.95. The third-order valence-corrected chi connectivity index (χ3v) is 2.95. The molecule has 1 atom stereocenters. The van der Waals surface area contributed by atoms with E-state index in [4.69, 9.17) is 5.11 Å². The van der Waals surface area contributed by atoms with Crippen molar-refractivity contribution in [2.24, 2.45) is 0 Å². The fourth-order valence-corrected chi connectivity index (χ4v) is 2.06.